The molecule has 0 fully saturated rings. The average molecular weight is 408 g/mol. The van der Waals surface area contributed by atoms with E-state index in [-0.39, 0.29) is 22.9 Å². The Balaban J connectivity index is 1.78. The number of halogens is 1. The monoisotopic (exact) mass is 408 g/mol. The van der Waals surface area contributed by atoms with Crippen molar-refractivity contribution in [3.05, 3.63) is 81.5 Å². The summed E-state index contributed by atoms with van der Waals surface area (Å²) in [7, 11) is 0. The standard InChI is InChI=1S/C24H25FN2O3/c1-3-26(4-2)14-7-15-27-21(16-10-12-17(25)13-11-16)20-22(28)18-8-5-6-9-19(18)30-23(20)24(27)29/h5-6,8-13,21H,3-4,7,14-15H2,1-2H3/t21-/m0/s1. The number of rotatable bonds is 7. The summed E-state index contributed by atoms with van der Waals surface area (Å²) in [6, 6.07) is 12.3. The van der Waals surface area contributed by atoms with E-state index in [2.05, 4.69) is 18.7 Å². The fraction of sp³-hybridized carbons (Fsp3) is 0.333. The van der Waals surface area contributed by atoms with Gasteiger partial charge in [0.15, 0.2) is 5.43 Å². The Kier molecular flexibility index (Phi) is 5.68. The Morgan fingerprint density at radius 2 is 1.73 bits per heavy atom. The van der Waals surface area contributed by atoms with Gasteiger partial charge in [-0.05, 0) is 55.9 Å². The average Bonchev–Trinajstić information content (AvgIpc) is 3.04. The summed E-state index contributed by atoms with van der Waals surface area (Å²) in [5.74, 6) is -0.556. The molecular weight excluding hydrogens is 383 g/mol. The van der Waals surface area contributed by atoms with Gasteiger partial charge in [-0.2, -0.15) is 0 Å². The van der Waals surface area contributed by atoms with Crippen LogP contribution in [0.15, 0.2) is 57.7 Å². The van der Waals surface area contributed by atoms with Crippen molar-refractivity contribution in [2.45, 2.75) is 26.3 Å². The van der Waals surface area contributed by atoms with Gasteiger partial charge < -0.3 is 14.2 Å². The molecule has 6 heteroatoms. The van der Waals surface area contributed by atoms with Crippen LogP contribution in [0, 0.1) is 5.82 Å². The molecule has 0 spiro atoms. The Morgan fingerprint density at radius 1 is 1.03 bits per heavy atom. The first-order chi connectivity index (χ1) is 14.5. The molecule has 1 aromatic heterocycles. The van der Waals surface area contributed by atoms with E-state index in [1.165, 1.54) is 12.1 Å². The second kappa shape index (κ2) is 8.40. The lowest BCUT2D eigenvalue weighted by Crippen LogP contribution is -2.33. The molecular formula is C24H25FN2O3. The topological polar surface area (TPSA) is 53.8 Å². The van der Waals surface area contributed by atoms with E-state index in [1.54, 1.807) is 41.3 Å². The van der Waals surface area contributed by atoms with E-state index >= 15 is 0 Å². The molecule has 156 valence electrons. The Morgan fingerprint density at radius 3 is 2.43 bits per heavy atom. The van der Waals surface area contributed by atoms with Gasteiger partial charge in [0.2, 0.25) is 5.76 Å². The van der Waals surface area contributed by atoms with Gasteiger partial charge in [-0.3, -0.25) is 9.59 Å². The van der Waals surface area contributed by atoms with E-state index < -0.39 is 6.04 Å². The molecule has 0 saturated carbocycles. The largest absolute Gasteiger partial charge is 0.450 e. The predicted molar refractivity (Wildman–Crippen MR) is 114 cm³/mol. The highest BCUT2D eigenvalue weighted by atomic mass is 19.1. The molecule has 0 saturated heterocycles. The van der Waals surface area contributed by atoms with Crippen molar-refractivity contribution in [2.24, 2.45) is 0 Å². The van der Waals surface area contributed by atoms with Crippen LogP contribution in [-0.2, 0) is 0 Å². The van der Waals surface area contributed by atoms with Crippen molar-refractivity contribution >= 4 is 16.9 Å². The highest BCUT2D eigenvalue weighted by Gasteiger charge is 2.42. The van der Waals surface area contributed by atoms with Crippen LogP contribution in [0.5, 0.6) is 0 Å². The van der Waals surface area contributed by atoms with Crippen molar-refractivity contribution in [1.82, 2.24) is 9.80 Å². The number of carbonyl (C=O) groups excluding carboxylic acids is 1. The maximum atomic E-state index is 13.5. The van der Waals surface area contributed by atoms with Crippen LogP contribution in [0.4, 0.5) is 4.39 Å². The van der Waals surface area contributed by atoms with Gasteiger partial charge in [-0.15, -0.1) is 0 Å². The van der Waals surface area contributed by atoms with Crippen LogP contribution >= 0.6 is 0 Å². The lowest BCUT2D eigenvalue weighted by Gasteiger charge is -2.26. The normalized spacial score (nSPS) is 15.9. The first-order valence-electron chi connectivity index (χ1n) is 10.4. The summed E-state index contributed by atoms with van der Waals surface area (Å²) in [5.41, 5.74) is 1.24. The number of benzene rings is 2. The number of para-hydroxylation sites is 1. The number of hydrogen-bond donors (Lipinski definition) is 0. The molecule has 1 aliphatic heterocycles. The van der Waals surface area contributed by atoms with Crippen LogP contribution in [0.2, 0.25) is 0 Å². The number of carbonyl (C=O) groups is 1. The third-order valence-electron chi connectivity index (χ3n) is 5.83. The van der Waals surface area contributed by atoms with Gasteiger partial charge in [0.25, 0.3) is 5.91 Å². The zero-order valence-corrected chi connectivity index (χ0v) is 17.2. The second-order valence-corrected chi connectivity index (χ2v) is 7.50. The van der Waals surface area contributed by atoms with Gasteiger partial charge in [0.1, 0.15) is 11.4 Å². The van der Waals surface area contributed by atoms with Gasteiger partial charge in [0.05, 0.1) is 17.0 Å². The van der Waals surface area contributed by atoms with Crippen LogP contribution < -0.4 is 5.43 Å². The molecule has 0 unspecified atom stereocenters. The molecule has 0 aliphatic carbocycles. The van der Waals surface area contributed by atoms with E-state index in [1.807, 2.05) is 0 Å². The fourth-order valence-electron chi connectivity index (χ4n) is 4.19. The van der Waals surface area contributed by atoms with E-state index in [0.29, 0.717) is 28.6 Å². The fourth-order valence-corrected chi connectivity index (χ4v) is 4.19. The molecule has 1 aliphatic rings. The highest BCUT2D eigenvalue weighted by molar-refractivity contribution is 5.99. The molecule has 0 bridgehead atoms. The Labute approximate surface area is 174 Å². The molecule has 4 rings (SSSR count). The van der Waals surface area contributed by atoms with Crippen molar-refractivity contribution in [1.29, 1.82) is 0 Å². The molecule has 0 N–H and O–H groups in total. The maximum absolute atomic E-state index is 13.5. The number of nitrogens with zero attached hydrogens (tertiary/aromatic N) is 2. The number of amides is 1. The first kappa shape index (κ1) is 20.3. The van der Waals surface area contributed by atoms with Crippen molar-refractivity contribution in [2.75, 3.05) is 26.2 Å². The van der Waals surface area contributed by atoms with Crippen molar-refractivity contribution in [3.8, 4) is 0 Å². The molecule has 5 nitrogen and oxygen atoms in total. The highest BCUT2D eigenvalue weighted by Crippen LogP contribution is 2.38. The lowest BCUT2D eigenvalue weighted by molar-refractivity contribution is 0.0720. The number of hydrogen-bond acceptors (Lipinski definition) is 4. The minimum absolute atomic E-state index is 0.0934. The van der Waals surface area contributed by atoms with Crippen molar-refractivity contribution in [3.63, 3.8) is 0 Å². The lowest BCUT2D eigenvalue weighted by atomic mass is 9.98. The summed E-state index contributed by atoms with van der Waals surface area (Å²) in [5, 5.41) is 0.446. The minimum Gasteiger partial charge on any atom is -0.450 e. The smallest absolute Gasteiger partial charge is 0.290 e. The predicted octanol–water partition coefficient (Wildman–Crippen LogP) is 4.21. The molecule has 0 radical (unpaired) electrons. The molecule has 3 aromatic rings. The van der Waals surface area contributed by atoms with Crippen LogP contribution in [0.25, 0.3) is 11.0 Å². The maximum Gasteiger partial charge on any atom is 0.290 e. The Bertz CT molecular complexity index is 1120. The molecule has 30 heavy (non-hydrogen) atoms. The summed E-state index contributed by atoms with van der Waals surface area (Å²) in [6.07, 6.45) is 0.771. The summed E-state index contributed by atoms with van der Waals surface area (Å²) in [4.78, 5) is 30.6. The SMILES string of the molecule is CCN(CC)CCCN1C(=O)c2oc3ccccc3c(=O)c2[C@@H]1c1ccc(F)cc1. The summed E-state index contributed by atoms with van der Waals surface area (Å²) < 4.78 is 19.4. The molecule has 2 heterocycles. The number of fused-ring (bicyclic) bond motifs is 2. The molecule has 1 atom stereocenters. The second-order valence-electron chi connectivity index (χ2n) is 7.50. The van der Waals surface area contributed by atoms with Gasteiger partial charge >= 0.3 is 0 Å². The summed E-state index contributed by atoms with van der Waals surface area (Å²) in [6.45, 7) is 7.44. The molecule has 1 amide bonds. The third-order valence-corrected chi connectivity index (χ3v) is 5.83. The van der Waals surface area contributed by atoms with Crippen LogP contribution in [0.1, 0.15) is 48.0 Å². The van der Waals surface area contributed by atoms with E-state index in [4.69, 9.17) is 4.42 Å². The van der Waals surface area contributed by atoms with Gasteiger partial charge in [-0.25, -0.2) is 4.39 Å². The zero-order chi connectivity index (χ0) is 21.3. The molecule has 2 aromatic carbocycles. The third kappa shape index (κ3) is 3.52. The van der Waals surface area contributed by atoms with Gasteiger partial charge in [-0.1, -0.05) is 38.1 Å². The summed E-state index contributed by atoms with van der Waals surface area (Å²) >= 11 is 0. The van der Waals surface area contributed by atoms with Crippen LogP contribution in [-0.4, -0.2) is 41.9 Å². The van der Waals surface area contributed by atoms with Gasteiger partial charge in [0, 0.05) is 6.54 Å². The zero-order valence-electron chi connectivity index (χ0n) is 17.2. The minimum atomic E-state index is -0.578. The Hall–Kier alpha value is -2.99. The van der Waals surface area contributed by atoms with E-state index in [9.17, 15) is 14.0 Å². The van der Waals surface area contributed by atoms with Crippen molar-refractivity contribution < 1.29 is 13.6 Å². The quantitative estimate of drug-likeness (QED) is 0.588. The van der Waals surface area contributed by atoms with Crippen LogP contribution in [0.3, 0.4) is 0 Å². The van der Waals surface area contributed by atoms with E-state index in [0.717, 1.165) is 26.1 Å². The first-order valence-corrected chi connectivity index (χ1v) is 10.4.